The predicted molar refractivity (Wildman–Crippen MR) is 81.3 cm³/mol. The molecule has 2 rings (SSSR count). The van der Waals surface area contributed by atoms with Crippen molar-refractivity contribution < 1.29 is 18.3 Å². The molecule has 0 aliphatic rings. The Balaban J connectivity index is 2.19. The lowest BCUT2D eigenvalue weighted by molar-refractivity contribution is 0.173. The van der Waals surface area contributed by atoms with Crippen LogP contribution in [0.2, 0.25) is 0 Å². The van der Waals surface area contributed by atoms with Crippen LogP contribution in [0.1, 0.15) is 25.0 Å². The molecule has 0 radical (unpaired) electrons. The minimum Gasteiger partial charge on any atom is -0.457 e. The van der Waals surface area contributed by atoms with Gasteiger partial charge >= 0.3 is 0 Å². The molecule has 0 saturated heterocycles. The van der Waals surface area contributed by atoms with Gasteiger partial charge in [0.1, 0.15) is 11.5 Å². The van der Waals surface area contributed by atoms with Gasteiger partial charge in [-0.1, -0.05) is 25.1 Å². The first kappa shape index (κ1) is 15.5. The van der Waals surface area contributed by atoms with Crippen LogP contribution in [0.15, 0.2) is 53.4 Å². The molecule has 112 valence electrons. The summed E-state index contributed by atoms with van der Waals surface area (Å²) in [4.78, 5) is 0.220. The van der Waals surface area contributed by atoms with Crippen LogP contribution in [0.3, 0.4) is 0 Å². The van der Waals surface area contributed by atoms with Gasteiger partial charge in [-0.05, 0) is 42.3 Å². The third-order valence-corrected chi connectivity index (χ3v) is 4.23. The molecule has 0 heterocycles. The van der Waals surface area contributed by atoms with Crippen molar-refractivity contribution in [2.75, 3.05) is 6.26 Å². The van der Waals surface area contributed by atoms with E-state index in [1.165, 1.54) is 12.1 Å². The predicted octanol–water partition coefficient (Wildman–Crippen LogP) is 3.33. The largest absolute Gasteiger partial charge is 0.457 e. The van der Waals surface area contributed by atoms with E-state index in [4.69, 9.17) is 4.74 Å². The van der Waals surface area contributed by atoms with E-state index in [9.17, 15) is 13.5 Å². The van der Waals surface area contributed by atoms with E-state index in [0.717, 1.165) is 11.8 Å². The first-order valence-electron chi connectivity index (χ1n) is 6.66. The average molecular weight is 306 g/mol. The highest BCUT2D eigenvalue weighted by atomic mass is 32.2. The lowest BCUT2D eigenvalue weighted by atomic mass is 10.1. The van der Waals surface area contributed by atoms with E-state index in [-0.39, 0.29) is 4.90 Å². The van der Waals surface area contributed by atoms with Crippen molar-refractivity contribution in [2.24, 2.45) is 0 Å². The second-order valence-electron chi connectivity index (χ2n) is 4.84. The third-order valence-electron chi connectivity index (χ3n) is 3.12. The molecule has 2 aromatic rings. The van der Waals surface area contributed by atoms with Gasteiger partial charge in [0.05, 0.1) is 11.0 Å². The molecule has 0 spiro atoms. The van der Waals surface area contributed by atoms with Crippen LogP contribution in [0.5, 0.6) is 11.5 Å². The van der Waals surface area contributed by atoms with Crippen LogP contribution in [0.4, 0.5) is 0 Å². The monoisotopic (exact) mass is 306 g/mol. The summed E-state index contributed by atoms with van der Waals surface area (Å²) in [7, 11) is -3.25. The van der Waals surface area contributed by atoms with Crippen molar-refractivity contribution in [2.45, 2.75) is 24.3 Å². The maximum absolute atomic E-state index is 11.5. The molecule has 2 aromatic carbocycles. The average Bonchev–Trinajstić information content (AvgIpc) is 2.47. The molecule has 0 aromatic heterocycles. The van der Waals surface area contributed by atoms with Crippen LogP contribution < -0.4 is 4.74 Å². The van der Waals surface area contributed by atoms with E-state index in [1.807, 2.05) is 6.92 Å². The van der Waals surface area contributed by atoms with Gasteiger partial charge in [-0.15, -0.1) is 0 Å². The summed E-state index contributed by atoms with van der Waals surface area (Å²) in [5.41, 5.74) is 0.828. The lowest BCUT2D eigenvalue weighted by Crippen LogP contribution is -1.97. The van der Waals surface area contributed by atoms with Crippen LogP contribution in [-0.4, -0.2) is 19.8 Å². The Morgan fingerprint density at radius 2 is 1.76 bits per heavy atom. The molecule has 1 N–H and O–H groups in total. The van der Waals surface area contributed by atoms with Crippen molar-refractivity contribution in [3.63, 3.8) is 0 Å². The second kappa shape index (κ2) is 6.28. The summed E-state index contributed by atoms with van der Waals surface area (Å²) in [6.07, 6.45) is 1.33. The summed E-state index contributed by atoms with van der Waals surface area (Å²) in [6.45, 7) is 1.91. The first-order chi connectivity index (χ1) is 9.90. The zero-order valence-corrected chi connectivity index (χ0v) is 12.8. The number of hydrogen-bond acceptors (Lipinski definition) is 4. The number of hydrogen-bond donors (Lipinski definition) is 1. The highest BCUT2D eigenvalue weighted by Crippen LogP contribution is 2.26. The molecule has 0 bridgehead atoms. The Kier molecular flexibility index (Phi) is 4.65. The van der Waals surface area contributed by atoms with Crippen molar-refractivity contribution in [3.05, 3.63) is 54.1 Å². The summed E-state index contributed by atoms with van der Waals surface area (Å²) >= 11 is 0. The molecular weight excluding hydrogens is 288 g/mol. The highest BCUT2D eigenvalue weighted by molar-refractivity contribution is 7.90. The van der Waals surface area contributed by atoms with E-state index in [2.05, 4.69) is 0 Å². The van der Waals surface area contributed by atoms with Gasteiger partial charge in [-0.25, -0.2) is 8.42 Å². The Labute approximate surface area is 124 Å². The molecule has 4 nitrogen and oxygen atoms in total. The Morgan fingerprint density at radius 1 is 1.10 bits per heavy atom. The van der Waals surface area contributed by atoms with Gasteiger partial charge in [0, 0.05) is 6.26 Å². The van der Waals surface area contributed by atoms with Gasteiger partial charge in [0.15, 0.2) is 9.84 Å². The lowest BCUT2D eigenvalue weighted by Gasteiger charge is -2.10. The maximum Gasteiger partial charge on any atom is 0.175 e. The van der Waals surface area contributed by atoms with Gasteiger partial charge in [0.25, 0.3) is 0 Å². The Hall–Kier alpha value is -1.85. The molecule has 5 heteroatoms. The van der Waals surface area contributed by atoms with Crippen LogP contribution >= 0.6 is 0 Å². The van der Waals surface area contributed by atoms with E-state index in [1.54, 1.807) is 36.4 Å². The topological polar surface area (TPSA) is 63.6 Å². The fourth-order valence-electron chi connectivity index (χ4n) is 1.90. The molecule has 0 fully saturated rings. The molecule has 21 heavy (non-hydrogen) atoms. The smallest absolute Gasteiger partial charge is 0.175 e. The van der Waals surface area contributed by atoms with Crippen LogP contribution in [0.25, 0.3) is 0 Å². The van der Waals surface area contributed by atoms with Gasteiger partial charge < -0.3 is 9.84 Å². The van der Waals surface area contributed by atoms with Crippen LogP contribution in [0, 0.1) is 0 Å². The number of aliphatic hydroxyl groups excluding tert-OH is 1. The minimum absolute atomic E-state index is 0.220. The number of ether oxygens (including phenoxy) is 1. The minimum atomic E-state index is -3.25. The molecule has 0 aliphatic heterocycles. The Morgan fingerprint density at radius 3 is 2.33 bits per heavy atom. The summed E-state index contributed by atoms with van der Waals surface area (Å²) in [5.74, 6) is 1.05. The van der Waals surface area contributed by atoms with E-state index >= 15 is 0 Å². The molecule has 0 saturated carbocycles. The van der Waals surface area contributed by atoms with Crippen molar-refractivity contribution in [1.82, 2.24) is 0 Å². The SMILES string of the molecule is CCC(O)c1ccc(Oc2cccc(S(C)(=O)=O)c2)cc1. The fourth-order valence-corrected chi connectivity index (χ4v) is 2.55. The van der Waals surface area contributed by atoms with Gasteiger partial charge in [-0.3, -0.25) is 0 Å². The second-order valence-corrected chi connectivity index (χ2v) is 6.86. The Bertz CT molecular complexity index is 705. The van der Waals surface area contributed by atoms with Crippen molar-refractivity contribution in [1.29, 1.82) is 0 Å². The first-order valence-corrected chi connectivity index (χ1v) is 8.55. The van der Waals surface area contributed by atoms with E-state index in [0.29, 0.717) is 17.9 Å². The molecule has 0 aliphatic carbocycles. The van der Waals surface area contributed by atoms with Crippen molar-refractivity contribution in [3.8, 4) is 11.5 Å². The van der Waals surface area contributed by atoms with Crippen LogP contribution in [-0.2, 0) is 9.84 Å². The fraction of sp³-hybridized carbons (Fsp3) is 0.250. The zero-order chi connectivity index (χ0) is 15.5. The highest BCUT2D eigenvalue weighted by Gasteiger charge is 2.09. The number of sulfone groups is 1. The molecule has 1 unspecified atom stereocenters. The van der Waals surface area contributed by atoms with Crippen molar-refractivity contribution >= 4 is 9.84 Å². The normalized spacial score (nSPS) is 12.9. The quantitative estimate of drug-likeness (QED) is 0.920. The number of rotatable bonds is 5. The number of aliphatic hydroxyl groups is 1. The van der Waals surface area contributed by atoms with Gasteiger partial charge in [-0.2, -0.15) is 0 Å². The molecule has 0 amide bonds. The van der Waals surface area contributed by atoms with Gasteiger partial charge in [0.2, 0.25) is 0 Å². The summed E-state index contributed by atoms with van der Waals surface area (Å²) in [6, 6.07) is 13.5. The molecule has 1 atom stereocenters. The standard InChI is InChI=1S/C16H18O4S/c1-3-16(17)12-7-9-13(10-8-12)20-14-5-4-6-15(11-14)21(2,18)19/h4-11,16-17H,3H2,1-2H3. The summed E-state index contributed by atoms with van der Waals surface area (Å²) in [5, 5.41) is 9.73. The maximum atomic E-state index is 11.5. The number of benzene rings is 2. The molecular formula is C16H18O4S. The van der Waals surface area contributed by atoms with E-state index < -0.39 is 15.9 Å². The third kappa shape index (κ3) is 4.06. The summed E-state index contributed by atoms with van der Waals surface area (Å²) < 4.78 is 28.7. The zero-order valence-electron chi connectivity index (χ0n) is 12.0.